The molecule has 0 aliphatic carbocycles. The summed E-state index contributed by atoms with van der Waals surface area (Å²) in [7, 11) is 0. The van der Waals surface area contributed by atoms with Crippen LogP contribution in [0, 0.1) is 12.3 Å². The molecule has 30 heavy (non-hydrogen) atoms. The van der Waals surface area contributed by atoms with Crippen LogP contribution < -0.4 is 0 Å². The van der Waals surface area contributed by atoms with E-state index in [-0.39, 0.29) is 24.7 Å². The number of hydrogen-bond donors (Lipinski definition) is 2. The Morgan fingerprint density at radius 2 is 1.87 bits per heavy atom. The van der Waals surface area contributed by atoms with E-state index in [9.17, 15) is 18.3 Å². The molecule has 0 saturated carbocycles. The number of alkyl halides is 3. The van der Waals surface area contributed by atoms with Crippen molar-refractivity contribution in [1.82, 2.24) is 9.88 Å². The summed E-state index contributed by atoms with van der Waals surface area (Å²) in [6.45, 7) is 2.08. The lowest BCUT2D eigenvalue weighted by atomic mass is 10.1. The van der Waals surface area contributed by atoms with Gasteiger partial charge >= 0.3 is 6.18 Å². The Hall–Kier alpha value is -3.13. The molecular formula is C22H18F3N3OS. The van der Waals surface area contributed by atoms with E-state index in [1.54, 1.807) is 11.0 Å². The van der Waals surface area contributed by atoms with Crippen molar-refractivity contribution in [2.24, 2.45) is 0 Å². The van der Waals surface area contributed by atoms with Gasteiger partial charge < -0.3 is 10.0 Å². The van der Waals surface area contributed by atoms with Crippen molar-refractivity contribution in [3.8, 4) is 11.3 Å². The first-order chi connectivity index (χ1) is 14.2. The van der Waals surface area contributed by atoms with Crippen LogP contribution in [0.25, 0.3) is 16.8 Å². The molecule has 1 aliphatic rings. The molecule has 2 aromatic carbocycles. The highest BCUT2D eigenvalue weighted by atomic mass is 32.1. The van der Waals surface area contributed by atoms with Gasteiger partial charge in [0.25, 0.3) is 0 Å². The molecule has 1 aromatic heterocycles. The van der Waals surface area contributed by atoms with E-state index in [4.69, 9.17) is 5.41 Å². The number of thiazole rings is 1. The highest BCUT2D eigenvalue weighted by molar-refractivity contribution is 7.13. The third-order valence-electron chi connectivity index (χ3n) is 4.87. The van der Waals surface area contributed by atoms with Crippen molar-refractivity contribution in [2.75, 3.05) is 6.54 Å². The Kier molecular flexibility index (Phi) is 5.11. The number of aliphatic hydroxyl groups is 1. The van der Waals surface area contributed by atoms with Crippen LogP contribution in [0.5, 0.6) is 0 Å². The summed E-state index contributed by atoms with van der Waals surface area (Å²) in [6.07, 6.45) is -4.42. The van der Waals surface area contributed by atoms with Gasteiger partial charge in [-0.05, 0) is 24.6 Å². The Morgan fingerprint density at radius 1 is 1.13 bits per heavy atom. The monoisotopic (exact) mass is 429 g/mol. The quantitative estimate of drug-likeness (QED) is 0.543. The fourth-order valence-electron chi connectivity index (χ4n) is 3.43. The lowest BCUT2D eigenvalue weighted by molar-refractivity contribution is -0.137. The van der Waals surface area contributed by atoms with E-state index < -0.39 is 11.7 Å². The van der Waals surface area contributed by atoms with Crippen molar-refractivity contribution in [2.45, 2.75) is 19.6 Å². The van der Waals surface area contributed by atoms with Crippen molar-refractivity contribution in [3.05, 3.63) is 81.4 Å². The highest BCUT2D eigenvalue weighted by Gasteiger charge is 2.33. The van der Waals surface area contributed by atoms with E-state index >= 15 is 0 Å². The average molecular weight is 429 g/mol. The summed E-state index contributed by atoms with van der Waals surface area (Å²) in [4.78, 5) is 7.13. The van der Waals surface area contributed by atoms with Gasteiger partial charge in [-0.25, -0.2) is 4.98 Å². The molecule has 4 rings (SSSR count). The van der Waals surface area contributed by atoms with E-state index in [1.165, 1.54) is 17.4 Å². The first kappa shape index (κ1) is 20.2. The van der Waals surface area contributed by atoms with E-state index in [0.29, 0.717) is 16.1 Å². The van der Waals surface area contributed by atoms with Gasteiger partial charge in [-0.15, -0.1) is 11.3 Å². The molecule has 0 radical (unpaired) electrons. The maximum absolute atomic E-state index is 13.0. The van der Waals surface area contributed by atoms with Crippen molar-refractivity contribution in [1.29, 1.82) is 5.41 Å². The summed E-state index contributed by atoms with van der Waals surface area (Å²) in [5.74, 6) is 0.0543. The summed E-state index contributed by atoms with van der Waals surface area (Å²) in [5.41, 5.74) is 1.76. The number of rotatable bonds is 4. The topological polar surface area (TPSA) is 60.2 Å². The molecule has 3 aromatic rings. The third kappa shape index (κ3) is 3.82. The summed E-state index contributed by atoms with van der Waals surface area (Å²) < 4.78 is 38.9. The normalized spacial score (nSPS) is 14.7. The van der Waals surface area contributed by atoms with Gasteiger partial charge in [0.05, 0.1) is 23.4 Å². The summed E-state index contributed by atoms with van der Waals surface area (Å²) in [6, 6.07) is 14.7. The Balaban J connectivity index is 1.58. The number of aliphatic hydroxyl groups excluding tert-OH is 1. The first-order valence-electron chi connectivity index (χ1n) is 9.19. The van der Waals surface area contributed by atoms with E-state index in [1.807, 2.05) is 37.3 Å². The molecule has 0 atom stereocenters. The lowest BCUT2D eigenvalue weighted by Gasteiger charge is -2.19. The second kappa shape index (κ2) is 7.60. The summed E-state index contributed by atoms with van der Waals surface area (Å²) in [5, 5.41) is 19.5. The standard InChI is InChI=1S/C22H18F3N3OS/c1-13-19(15-7-3-2-4-8-15)27-21(30-13)18-17(29)12-28(20(18)26)11-14-6-5-9-16(10-14)22(23,24)25/h2-10,26,29H,11-12H2,1H3. The molecule has 0 saturated heterocycles. The van der Waals surface area contributed by atoms with Gasteiger partial charge in [-0.1, -0.05) is 42.5 Å². The Labute approximate surface area is 175 Å². The number of aryl methyl sites for hydroxylation is 1. The van der Waals surface area contributed by atoms with Gasteiger partial charge in [-0.3, -0.25) is 5.41 Å². The molecule has 2 N–H and O–H groups in total. The number of aromatic nitrogens is 1. The van der Waals surface area contributed by atoms with Crippen LogP contribution in [-0.4, -0.2) is 27.4 Å². The molecule has 154 valence electrons. The largest absolute Gasteiger partial charge is 0.510 e. The fraction of sp³-hybridized carbons (Fsp3) is 0.182. The molecule has 2 heterocycles. The van der Waals surface area contributed by atoms with E-state index in [2.05, 4.69) is 4.98 Å². The van der Waals surface area contributed by atoms with Crippen molar-refractivity contribution >= 4 is 22.7 Å². The van der Waals surface area contributed by atoms with Crippen LogP contribution in [0.4, 0.5) is 13.2 Å². The second-order valence-corrected chi connectivity index (χ2v) is 8.22. The molecular weight excluding hydrogens is 411 g/mol. The van der Waals surface area contributed by atoms with Crippen LogP contribution in [0.15, 0.2) is 60.4 Å². The zero-order chi connectivity index (χ0) is 21.5. The van der Waals surface area contributed by atoms with Crippen molar-refractivity contribution in [3.63, 3.8) is 0 Å². The minimum absolute atomic E-state index is 0.000313. The predicted octanol–water partition coefficient (Wildman–Crippen LogP) is 5.90. The number of nitrogens with one attached hydrogen (secondary N) is 1. The smallest absolute Gasteiger partial charge is 0.416 e. The van der Waals surface area contributed by atoms with Gasteiger partial charge in [0.2, 0.25) is 0 Å². The number of amidine groups is 1. The van der Waals surface area contributed by atoms with Gasteiger partial charge in [0.15, 0.2) is 0 Å². The maximum atomic E-state index is 13.0. The van der Waals surface area contributed by atoms with Gasteiger partial charge in [0.1, 0.15) is 16.6 Å². The van der Waals surface area contributed by atoms with Crippen LogP contribution in [0.1, 0.15) is 21.0 Å². The number of hydrogen-bond acceptors (Lipinski definition) is 4. The molecule has 1 aliphatic heterocycles. The predicted molar refractivity (Wildman–Crippen MR) is 111 cm³/mol. The Bertz CT molecular complexity index is 1140. The minimum atomic E-state index is -4.42. The molecule has 8 heteroatoms. The highest BCUT2D eigenvalue weighted by Crippen LogP contribution is 2.36. The summed E-state index contributed by atoms with van der Waals surface area (Å²) >= 11 is 1.38. The number of halogens is 3. The molecule has 0 fully saturated rings. The van der Waals surface area contributed by atoms with Gasteiger partial charge in [-0.2, -0.15) is 13.2 Å². The molecule has 0 amide bonds. The van der Waals surface area contributed by atoms with Crippen LogP contribution in [0.2, 0.25) is 0 Å². The fourth-order valence-corrected chi connectivity index (χ4v) is 4.43. The minimum Gasteiger partial charge on any atom is -0.510 e. The number of nitrogens with zero attached hydrogens (tertiary/aromatic N) is 2. The third-order valence-corrected chi connectivity index (χ3v) is 5.86. The Morgan fingerprint density at radius 3 is 2.57 bits per heavy atom. The number of benzene rings is 2. The molecule has 0 spiro atoms. The zero-order valence-corrected chi connectivity index (χ0v) is 16.8. The molecule has 0 bridgehead atoms. The molecule has 4 nitrogen and oxygen atoms in total. The van der Waals surface area contributed by atoms with Crippen LogP contribution in [-0.2, 0) is 12.7 Å². The second-order valence-electron chi connectivity index (χ2n) is 7.01. The first-order valence-corrected chi connectivity index (χ1v) is 10.0. The maximum Gasteiger partial charge on any atom is 0.416 e. The van der Waals surface area contributed by atoms with Gasteiger partial charge in [0, 0.05) is 17.0 Å². The van der Waals surface area contributed by atoms with E-state index in [0.717, 1.165) is 28.3 Å². The SMILES string of the molecule is Cc1sc(C2=C(O)CN(Cc3cccc(C(F)(F)F)c3)C2=N)nc1-c1ccccc1. The zero-order valence-electron chi connectivity index (χ0n) is 16.0. The average Bonchev–Trinajstić information content (AvgIpc) is 3.21. The van der Waals surface area contributed by atoms with Crippen LogP contribution >= 0.6 is 11.3 Å². The van der Waals surface area contributed by atoms with Crippen LogP contribution in [0.3, 0.4) is 0 Å². The lowest BCUT2D eigenvalue weighted by Crippen LogP contribution is -2.26. The molecule has 0 unspecified atom stereocenters. The van der Waals surface area contributed by atoms with Crippen molar-refractivity contribution < 1.29 is 18.3 Å².